The summed E-state index contributed by atoms with van der Waals surface area (Å²) >= 11 is 0. The largest absolute Gasteiger partial charge is 0.345 e. The number of rotatable bonds is 5. The number of hydrogen-bond donors (Lipinski definition) is 2. The molecule has 0 saturated heterocycles. The van der Waals surface area contributed by atoms with Crippen molar-refractivity contribution in [3.05, 3.63) is 93.8 Å². The fraction of sp³-hybridized carbons (Fsp3) is 0.217. The highest BCUT2D eigenvalue weighted by molar-refractivity contribution is 5.94. The number of carbonyl (C=O) groups excluding carboxylic acids is 1. The predicted octanol–water partition coefficient (Wildman–Crippen LogP) is 4.23. The van der Waals surface area contributed by atoms with Crippen molar-refractivity contribution >= 4 is 5.91 Å². The van der Waals surface area contributed by atoms with Gasteiger partial charge in [-0.05, 0) is 55.0 Å². The highest BCUT2D eigenvalue weighted by atomic mass is 16.2. The van der Waals surface area contributed by atoms with Crippen LogP contribution in [-0.2, 0) is 0 Å². The lowest BCUT2D eigenvalue weighted by Gasteiger charge is -2.18. The van der Waals surface area contributed by atoms with E-state index in [1.54, 1.807) is 12.1 Å². The zero-order valence-electron chi connectivity index (χ0n) is 15.2. The summed E-state index contributed by atoms with van der Waals surface area (Å²) < 4.78 is 0. The van der Waals surface area contributed by atoms with Gasteiger partial charge in [0, 0.05) is 5.69 Å². The van der Waals surface area contributed by atoms with Crippen LogP contribution in [-0.4, -0.2) is 10.9 Å². The van der Waals surface area contributed by atoms with Gasteiger partial charge < -0.3 is 10.3 Å². The molecular formula is C23H22N2O2. The zero-order chi connectivity index (χ0) is 18.8. The molecular weight excluding hydrogens is 336 g/mol. The minimum atomic E-state index is -0.367. The molecule has 1 aliphatic rings. The van der Waals surface area contributed by atoms with Gasteiger partial charge >= 0.3 is 0 Å². The maximum atomic E-state index is 12.8. The number of nitrogens with one attached hydrogen (secondary N) is 2. The standard InChI is InChI=1S/C23H22N2O2/c1-15-6-5-9-18(14-15)20-13-12-19(22(26)24-20)23(27)25-21(17-10-11-17)16-7-3-2-4-8-16/h2-9,12-14,17,21H,10-11H2,1H3,(H,24,26)(H,25,27). The van der Waals surface area contributed by atoms with E-state index in [1.165, 1.54) is 0 Å². The highest BCUT2D eigenvalue weighted by Gasteiger charge is 2.33. The highest BCUT2D eigenvalue weighted by Crippen LogP contribution is 2.41. The summed E-state index contributed by atoms with van der Waals surface area (Å²) in [5, 5.41) is 3.06. The van der Waals surface area contributed by atoms with Gasteiger partial charge in [0.2, 0.25) is 0 Å². The Balaban J connectivity index is 1.58. The maximum absolute atomic E-state index is 12.8. The third-order valence-corrected chi connectivity index (χ3v) is 5.02. The van der Waals surface area contributed by atoms with E-state index in [-0.39, 0.29) is 23.1 Å². The molecule has 4 nitrogen and oxygen atoms in total. The van der Waals surface area contributed by atoms with Crippen LogP contribution in [0.15, 0.2) is 71.5 Å². The molecule has 1 saturated carbocycles. The van der Waals surface area contributed by atoms with Gasteiger partial charge in [0.05, 0.1) is 6.04 Å². The van der Waals surface area contributed by atoms with Crippen LogP contribution >= 0.6 is 0 Å². The third kappa shape index (κ3) is 3.85. The van der Waals surface area contributed by atoms with Gasteiger partial charge in [-0.1, -0.05) is 54.1 Å². The molecule has 1 atom stereocenters. The van der Waals surface area contributed by atoms with E-state index in [0.717, 1.165) is 29.5 Å². The van der Waals surface area contributed by atoms with Crippen molar-refractivity contribution in [1.29, 1.82) is 0 Å². The molecule has 1 aliphatic carbocycles. The Hall–Kier alpha value is -3.14. The van der Waals surface area contributed by atoms with Gasteiger partial charge in [-0.2, -0.15) is 0 Å². The smallest absolute Gasteiger partial charge is 0.261 e. The molecule has 0 radical (unpaired) electrons. The number of H-pyrrole nitrogens is 1. The summed E-state index contributed by atoms with van der Waals surface area (Å²) in [4.78, 5) is 28.1. The minimum absolute atomic E-state index is 0.0467. The summed E-state index contributed by atoms with van der Waals surface area (Å²) in [6.45, 7) is 2.00. The number of pyridine rings is 1. The van der Waals surface area contributed by atoms with E-state index in [1.807, 2.05) is 61.5 Å². The Bertz CT molecular complexity index is 1020. The average molecular weight is 358 g/mol. The Kier molecular flexibility index (Phi) is 4.63. The van der Waals surface area contributed by atoms with Crippen LogP contribution in [0.25, 0.3) is 11.3 Å². The molecule has 1 fully saturated rings. The molecule has 2 aromatic carbocycles. The summed E-state index contributed by atoms with van der Waals surface area (Å²) in [5.41, 5.74) is 3.62. The van der Waals surface area contributed by atoms with Crippen molar-refractivity contribution < 1.29 is 4.79 Å². The molecule has 4 rings (SSSR count). The first-order valence-corrected chi connectivity index (χ1v) is 9.28. The first kappa shape index (κ1) is 17.3. The van der Waals surface area contributed by atoms with Gasteiger partial charge in [0.15, 0.2) is 0 Å². The molecule has 0 spiro atoms. The Morgan fingerprint density at radius 2 is 1.81 bits per heavy atom. The van der Waals surface area contributed by atoms with Gasteiger partial charge in [-0.15, -0.1) is 0 Å². The van der Waals surface area contributed by atoms with Crippen molar-refractivity contribution in [3.8, 4) is 11.3 Å². The lowest BCUT2D eigenvalue weighted by atomic mass is 10.0. The van der Waals surface area contributed by atoms with E-state index >= 15 is 0 Å². The second kappa shape index (κ2) is 7.23. The first-order valence-electron chi connectivity index (χ1n) is 9.28. The van der Waals surface area contributed by atoms with Crippen LogP contribution in [0.3, 0.4) is 0 Å². The first-order chi connectivity index (χ1) is 13.1. The molecule has 136 valence electrons. The van der Waals surface area contributed by atoms with Crippen LogP contribution in [0.1, 0.15) is 40.4 Å². The van der Waals surface area contributed by atoms with Crippen molar-refractivity contribution in [3.63, 3.8) is 0 Å². The quantitative estimate of drug-likeness (QED) is 0.717. The van der Waals surface area contributed by atoms with Gasteiger partial charge in [0.1, 0.15) is 5.56 Å². The topological polar surface area (TPSA) is 62.0 Å². The second-order valence-electron chi connectivity index (χ2n) is 7.18. The van der Waals surface area contributed by atoms with Crippen molar-refractivity contribution in [1.82, 2.24) is 10.3 Å². The molecule has 0 bridgehead atoms. The monoisotopic (exact) mass is 358 g/mol. The van der Waals surface area contributed by atoms with E-state index in [0.29, 0.717) is 11.6 Å². The van der Waals surface area contributed by atoms with E-state index in [9.17, 15) is 9.59 Å². The number of amides is 1. The molecule has 3 aromatic rings. The normalized spacial score (nSPS) is 14.6. The molecule has 0 aliphatic heterocycles. The van der Waals surface area contributed by atoms with Gasteiger partial charge in [0.25, 0.3) is 11.5 Å². The molecule has 4 heteroatoms. The Morgan fingerprint density at radius 1 is 1.04 bits per heavy atom. The van der Waals surface area contributed by atoms with E-state index in [2.05, 4.69) is 10.3 Å². The number of carbonyl (C=O) groups is 1. The Morgan fingerprint density at radius 3 is 2.48 bits per heavy atom. The summed E-state index contributed by atoms with van der Waals surface area (Å²) in [5.74, 6) is 0.120. The van der Waals surface area contributed by atoms with Crippen molar-refractivity contribution in [2.45, 2.75) is 25.8 Å². The number of aromatic amines is 1. The third-order valence-electron chi connectivity index (χ3n) is 5.02. The molecule has 1 amide bonds. The lowest BCUT2D eigenvalue weighted by Crippen LogP contribution is -2.33. The molecule has 1 aromatic heterocycles. The Labute approximate surface area is 158 Å². The van der Waals surface area contributed by atoms with Crippen LogP contribution in [0.5, 0.6) is 0 Å². The maximum Gasteiger partial charge on any atom is 0.261 e. The molecule has 2 N–H and O–H groups in total. The van der Waals surface area contributed by atoms with E-state index < -0.39 is 0 Å². The summed E-state index contributed by atoms with van der Waals surface area (Å²) in [6.07, 6.45) is 2.20. The fourth-order valence-electron chi connectivity index (χ4n) is 3.42. The van der Waals surface area contributed by atoms with E-state index in [4.69, 9.17) is 0 Å². The summed E-state index contributed by atoms with van der Waals surface area (Å²) in [6, 6.07) is 21.2. The van der Waals surface area contributed by atoms with Crippen molar-refractivity contribution in [2.24, 2.45) is 5.92 Å². The average Bonchev–Trinajstić information content (AvgIpc) is 3.51. The second-order valence-corrected chi connectivity index (χ2v) is 7.18. The van der Waals surface area contributed by atoms with Crippen LogP contribution in [0.4, 0.5) is 0 Å². The lowest BCUT2D eigenvalue weighted by molar-refractivity contribution is 0.0930. The molecule has 1 unspecified atom stereocenters. The predicted molar refractivity (Wildman–Crippen MR) is 107 cm³/mol. The number of aromatic nitrogens is 1. The number of benzene rings is 2. The van der Waals surface area contributed by atoms with Gasteiger partial charge in [-0.3, -0.25) is 9.59 Å². The molecule has 1 heterocycles. The zero-order valence-corrected chi connectivity index (χ0v) is 15.2. The van der Waals surface area contributed by atoms with Crippen molar-refractivity contribution in [2.75, 3.05) is 0 Å². The number of aryl methyl sites for hydroxylation is 1. The summed E-state index contributed by atoms with van der Waals surface area (Å²) in [7, 11) is 0. The minimum Gasteiger partial charge on any atom is -0.345 e. The van der Waals surface area contributed by atoms with Gasteiger partial charge in [-0.25, -0.2) is 0 Å². The number of hydrogen-bond acceptors (Lipinski definition) is 2. The SMILES string of the molecule is Cc1cccc(-c2ccc(C(=O)NC(c3ccccc3)C3CC3)c(=O)[nH]2)c1. The van der Waals surface area contributed by atoms with Crippen LogP contribution < -0.4 is 10.9 Å². The fourth-order valence-corrected chi connectivity index (χ4v) is 3.42. The molecule has 27 heavy (non-hydrogen) atoms. The van der Waals surface area contributed by atoms with Crippen LogP contribution in [0.2, 0.25) is 0 Å². The van der Waals surface area contributed by atoms with Crippen LogP contribution in [0, 0.1) is 12.8 Å².